The Hall–Kier alpha value is -4.22. The number of nitro groups is 1. The molecule has 0 saturated carbocycles. The second-order valence-corrected chi connectivity index (χ2v) is 10.9. The molecule has 0 aliphatic carbocycles. The van der Waals surface area contributed by atoms with E-state index in [0.29, 0.717) is 0 Å². The molecule has 0 fully saturated rings. The van der Waals surface area contributed by atoms with Gasteiger partial charge in [0.1, 0.15) is 5.75 Å². The van der Waals surface area contributed by atoms with Crippen molar-refractivity contribution in [3.05, 3.63) is 113 Å². The third-order valence-corrected chi connectivity index (χ3v) is 8.26. The SMILES string of the molecule is C.O=S(=O)(c1ccccc1)c1ccc(O)cc1.O=[N+]([O-])c1cc(S(=O)(=O)c2ccccc2)ccc1O. The standard InChI is InChI=1S/C12H9NO5S.C12H10O3S.CH4/c14-12-7-6-10(8-11(12)13(15)16)19(17,18)9-4-2-1-3-5-9;13-10-6-8-12(9-7-10)16(14,15)11-4-2-1-3-5-11;/h1-8,14H;1-9,13H;1H4. The van der Waals surface area contributed by atoms with Crippen molar-refractivity contribution >= 4 is 25.4 Å². The van der Waals surface area contributed by atoms with Crippen LogP contribution in [0.25, 0.3) is 0 Å². The van der Waals surface area contributed by atoms with Crippen molar-refractivity contribution < 1.29 is 32.0 Å². The second kappa shape index (κ2) is 11.5. The summed E-state index contributed by atoms with van der Waals surface area (Å²) in [5.41, 5.74) is -0.642. The average molecular weight is 530 g/mol. The number of aromatic hydroxyl groups is 2. The highest BCUT2D eigenvalue weighted by Gasteiger charge is 2.22. The van der Waals surface area contributed by atoms with Gasteiger partial charge in [0, 0.05) is 6.07 Å². The van der Waals surface area contributed by atoms with Gasteiger partial charge in [0.25, 0.3) is 0 Å². The van der Waals surface area contributed by atoms with E-state index in [1.54, 1.807) is 48.5 Å². The van der Waals surface area contributed by atoms with E-state index in [0.717, 1.165) is 18.2 Å². The lowest BCUT2D eigenvalue weighted by Crippen LogP contribution is -2.02. The summed E-state index contributed by atoms with van der Waals surface area (Å²) in [4.78, 5) is 10.1. The molecule has 0 bridgehead atoms. The molecular weight excluding hydrogens is 506 g/mol. The van der Waals surface area contributed by atoms with Crippen molar-refractivity contribution in [2.45, 2.75) is 27.0 Å². The Labute approximate surface area is 208 Å². The number of phenolic OH excluding ortho intramolecular Hbond substituents is 2. The van der Waals surface area contributed by atoms with E-state index in [-0.39, 0.29) is 32.8 Å². The van der Waals surface area contributed by atoms with Gasteiger partial charge in [-0.05, 0) is 60.7 Å². The maximum Gasteiger partial charge on any atom is 0.312 e. The highest BCUT2D eigenvalue weighted by Crippen LogP contribution is 2.30. The maximum atomic E-state index is 12.2. The Morgan fingerprint density at radius 2 is 0.972 bits per heavy atom. The van der Waals surface area contributed by atoms with Gasteiger partial charge in [-0.1, -0.05) is 43.8 Å². The molecule has 2 N–H and O–H groups in total. The molecule has 0 unspecified atom stereocenters. The largest absolute Gasteiger partial charge is 0.508 e. The molecule has 0 spiro atoms. The van der Waals surface area contributed by atoms with E-state index in [2.05, 4.69) is 0 Å². The van der Waals surface area contributed by atoms with Gasteiger partial charge in [-0.2, -0.15) is 0 Å². The zero-order valence-electron chi connectivity index (χ0n) is 17.9. The van der Waals surface area contributed by atoms with Gasteiger partial charge in [-0.3, -0.25) is 10.1 Å². The topological polar surface area (TPSA) is 152 Å². The van der Waals surface area contributed by atoms with Gasteiger partial charge in [-0.15, -0.1) is 0 Å². The molecule has 4 aromatic rings. The fraction of sp³-hybridized carbons (Fsp3) is 0.0400. The predicted molar refractivity (Wildman–Crippen MR) is 133 cm³/mol. The first-order chi connectivity index (χ1) is 16.5. The molecule has 0 aliphatic heterocycles. The molecule has 0 amide bonds. The van der Waals surface area contributed by atoms with Crippen molar-refractivity contribution in [3.63, 3.8) is 0 Å². The Morgan fingerprint density at radius 3 is 1.42 bits per heavy atom. The van der Waals surface area contributed by atoms with Crippen LogP contribution in [0.5, 0.6) is 11.5 Å². The van der Waals surface area contributed by atoms with Gasteiger partial charge >= 0.3 is 5.69 Å². The first-order valence-electron chi connectivity index (χ1n) is 9.90. The minimum atomic E-state index is -3.83. The summed E-state index contributed by atoms with van der Waals surface area (Å²) in [6, 6.07) is 24.2. The lowest BCUT2D eigenvalue weighted by Gasteiger charge is -2.04. The Morgan fingerprint density at radius 1 is 0.583 bits per heavy atom. The number of nitro benzene ring substituents is 1. The van der Waals surface area contributed by atoms with Gasteiger partial charge in [0.2, 0.25) is 19.7 Å². The highest BCUT2D eigenvalue weighted by atomic mass is 32.2. The highest BCUT2D eigenvalue weighted by molar-refractivity contribution is 7.91. The third kappa shape index (κ3) is 6.26. The molecule has 36 heavy (non-hydrogen) atoms. The monoisotopic (exact) mass is 529 g/mol. The predicted octanol–water partition coefficient (Wildman–Crippen LogP) is 4.99. The molecule has 0 radical (unpaired) electrons. The Balaban J connectivity index is 0.000000250. The molecule has 0 atom stereocenters. The van der Waals surface area contributed by atoms with Crippen LogP contribution in [0.15, 0.2) is 123 Å². The van der Waals surface area contributed by atoms with E-state index in [4.69, 9.17) is 5.11 Å². The summed E-state index contributed by atoms with van der Waals surface area (Å²) < 4.78 is 48.6. The van der Waals surface area contributed by atoms with E-state index in [1.807, 2.05) is 0 Å². The fourth-order valence-electron chi connectivity index (χ4n) is 2.91. The number of phenols is 2. The number of hydrogen-bond acceptors (Lipinski definition) is 8. The fourth-order valence-corrected chi connectivity index (χ4v) is 5.50. The van der Waals surface area contributed by atoms with Gasteiger partial charge in [0.05, 0.1) is 24.5 Å². The second-order valence-electron chi connectivity index (χ2n) is 7.03. The Bertz CT molecular complexity index is 1540. The summed E-state index contributed by atoms with van der Waals surface area (Å²) in [6.45, 7) is 0. The molecule has 0 aliphatic rings. The molecule has 188 valence electrons. The van der Waals surface area contributed by atoms with Crippen LogP contribution in [0.2, 0.25) is 0 Å². The van der Waals surface area contributed by atoms with Gasteiger partial charge in [-0.25, -0.2) is 16.8 Å². The van der Waals surface area contributed by atoms with Crippen molar-refractivity contribution in [1.82, 2.24) is 0 Å². The average Bonchev–Trinajstić information content (AvgIpc) is 2.86. The quantitative estimate of drug-likeness (QED) is 0.271. The summed E-state index contributed by atoms with van der Waals surface area (Å²) >= 11 is 0. The van der Waals surface area contributed by atoms with Crippen LogP contribution >= 0.6 is 0 Å². The number of sulfone groups is 2. The van der Waals surface area contributed by atoms with Crippen molar-refractivity contribution in [2.24, 2.45) is 0 Å². The molecule has 9 nitrogen and oxygen atoms in total. The molecular formula is C25H23NO8S2. The number of rotatable bonds is 5. The molecule has 0 saturated heterocycles. The normalized spacial score (nSPS) is 10.9. The van der Waals surface area contributed by atoms with Crippen LogP contribution in [-0.2, 0) is 19.7 Å². The summed E-state index contributed by atoms with van der Waals surface area (Å²) in [5.74, 6) is -0.524. The van der Waals surface area contributed by atoms with E-state index >= 15 is 0 Å². The van der Waals surface area contributed by atoms with Crippen LogP contribution in [0.1, 0.15) is 7.43 Å². The van der Waals surface area contributed by atoms with Crippen LogP contribution in [0.4, 0.5) is 5.69 Å². The van der Waals surface area contributed by atoms with Crippen molar-refractivity contribution in [1.29, 1.82) is 0 Å². The summed E-state index contributed by atoms with van der Waals surface area (Å²) in [5, 5.41) is 29.1. The van der Waals surface area contributed by atoms with Gasteiger partial charge in [0.15, 0.2) is 5.75 Å². The molecule has 4 aromatic carbocycles. The lowest BCUT2D eigenvalue weighted by atomic mass is 10.3. The van der Waals surface area contributed by atoms with E-state index < -0.39 is 36.0 Å². The number of benzene rings is 4. The van der Waals surface area contributed by atoms with Crippen LogP contribution in [-0.4, -0.2) is 32.0 Å². The lowest BCUT2D eigenvalue weighted by molar-refractivity contribution is -0.386. The zero-order valence-corrected chi connectivity index (χ0v) is 19.6. The third-order valence-electron chi connectivity index (χ3n) is 4.71. The van der Waals surface area contributed by atoms with Crippen molar-refractivity contribution in [3.8, 4) is 11.5 Å². The Kier molecular flexibility index (Phi) is 8.93. The van der Waals surface area contributed by atoms with E-state index in [9.17, 15) is 32.1 Å². The summed E-state index contributed by atoms with van der Waals surface area (Å²) in [7, 11) is -7.29. The van der Waals surface area contributed by atoms with Gasteiger partial charge < -0.3 is 10.2 Å². The van der Waals surface area contributed by atoms with Crippen LogP contribution in [0, 0.1) is 10.1 Å². The molecule has 0 heterocycles. The molecule has 0 aromatic heterocycles. The smallest absolute Gasteiger partial charge is 0.312 e. The van der Waals surface area contributed by atoms with Crippen molar-refractivity contribution in [2.75, 3.05) is 0 Å². The summed E-state index contributed by atoms with van der Waals surface area (Å²) in [6.07, 6.45) is 0. The molecule has 11 heteroatoms. The molecule has 4 rings (SSSR count). The maximum absolute atomic E-state index is 12.2. The number of hydrogen-bond donors (Lipinski definition) is 2. The number of nitrogens with zero attached hydrogens (tertiary/aromatic N) is 1. The minimum Gasteiger partial charge on any atom is -0.508 e. The van der Waals surface area contributed by atoms with Crippen LogP contribution in [0.3, 0.4) is 0 Å². The minimum absolute atomic E-state index is 0. The zero-order chi connectivity index (χ0) is 25.6. The van der Waals surface area contributed by atoms with E-state index in [1.165, 1.54) is 36.4 Å². The first-order valence-corrected chi connectivity index (χ1v) is 12.9. The van der Waals surface area contributed by atoms with Crippen LogP contribution < -0.4 is 0 Å². The first kappa shape index (κ1) is 28.0.